The number of nitrogens with zero attached hydrogens (tertiary/aromatic N) is 5. The van der Waals surface area contributed by atoms with Crippen molar-refractivity contribution in [3.8, 4) is 6.07 Å². The lowest BCUT2D eigenvalue weighted by molar-refractivity contribution is 0.0632. The van der Waals surface area contributed by atoms with Gasteiger partial charge in [-0.15, -0.1) is 0 Å². The number of carbonyl (C=O) groups excluding carboxylic acids is 1. The molecule has 0 saturated carbocycles. The molecule has 0 unspecified atom stereocenters. The summed E-state index contributed by atoms with van der Waals surface area (Å²) in [5, 5.41) is 13.3. The van der Waals surface area contributed by atoms with Crippen LogP contribution in [0.15, 0.2) is 30.3 Å². The highest BCUT2D eigenvalue weighted by Gasteiger charge is 2.22. The standard InChI is InChI=1S/C19H23N5O/c1-15-13-16(2)24(21-15)12-9-22-7-10-23(11-8-22)19(25)18-5-3-17(14-20)4-6-18/h3-6,13H,7-12H2,1-2H3. The number of amides is 1. The van der Waals surface area contributed by atoms with Crippen LogP contribution in [0.5, 0.6) is 0 Å². The van der Waals surface area contributed by atoms with E-state index in [1.54, 1.807) is 24.3 Å². The lowest BCUT2D eigenvalue weighted by Crippen LogP contribution is -2.49. The fourth-order valence-corrected chi connectivity index (χ4v) is 3.18. The zero-order valence-electron chi connectivity index (χ0n) is 14.8. The first-order chi connectivity index (χ1) is 12.1. The lowest BCUT2D eigenvalue weighted by Gasteiger charge is -2.34. The Morgan fingerprint density at radius 1 is 1.12 bits per heavy atom. The Balaban J connectivity index is 1.50. The van der Waals surface area contributed by atoms with E-state index in [2.05, 4.69) is 29.1 Å². The van der Waals surface area contributed by atoms with Crippen molar-refractivity contribution in [2.75, 3.05) is 32.7 Å². The molecule has 1 aliphatic heterocycles. The quantitative estimate of drug-likeness (QED) is 0.854. The summed E-state index contributed by atoms with van der Waals surface area (Å²) in [5.41, 5.74) is 3.46. The second kappa shape index (κ2) is 7.49. The third kappa shape index (κ3) is 4.06. The molecule has 1 fully saturated rings. The van der Waals surface area contributed by atoms with E-state index in [0.29, 0.717) is 11.1 Å². The summed E-state index contributed by atoms with van der Waals surface area (Å²) in [5.74, 6) is 0.0442. The van der Waals surface area contributed by atoms with E-state index in [9.17, 15) is 4.79 Å². The molecule has 0 aliphatic carbocycles. The van der Waals surface area contributed by atoms with Gasteiger partial charge in [-0.25, -0.2) is 0 Å². The number of rotatable bonds is 4. The summed E-state index contributed by atoms with van der Waals surface area (Å²) in [7, 11) is 0. The van der Waals surface area contributed by atoms with Crippen molar-refractivity contribution in [3.05, 3.63) is 52.8 Å². The van der Waals surface area contributed by atoms with E-state index in [4.69, 9.17) is 5.26 Å². The van der Waals surface area contributed by atoms with Gasteiger partial charge >= 0.3 is 0 Å². The molecule has 130 valence electrons. The summed E-state index contributed by atoms with van der Waals surface area (Å²) >= 11 is 0. The highest BCUT2D eigenvalue weighted by atomic mass is 16.2. The number of piperazine rings is 1. The molecule has 25 heavy (non-hydrogen) atoms. The second-order valence-corrected chi connectivity index (χ2v) is 6.47. The normalized spacial score (nSPS) is 15.2. The molecule has 2 aromatic rings. The molecule has 6 nitrogen and oxygen atoms in total. The van der Waals surface area contributed by atoms with Gasteiger partial charge in [0.25, 0.3) is 5.91 Å². The Kier molecular flexibility index (Phi) is 5.15. The maximum Gasteiger partial charge on any atom is 0.253 e. The van der Waals surface area contributed by atoms with E-state index in [1.165, 1.54) is 5.69 Å². The van der Waals surface area contributed by atoms with E-state index >= 15 is 0 Å². The maximum atomic E-state index is 12.5. The first kappa shape index (κ1) is 17.2. The topological polar surface area (TPSA) is 65.2 Å². The van der Waals surface area contributed by atoms with Gasteiger partial charge in [-0.05, 0) is 44.2 Å². The van der Waals surface area contributed by atoms with Crippen LogP contribution in [-0.4, -0.2) is 58.2 Å². The molecule has 1 aromatic carbocycles. The monoisotopic (exact) mass is 337 g/mol. The van der Waals surface area contributed by atoms with Crippen molar-refractivity contribution in [3.63, 3.8) is 0 Å². The van der Waals surface area contributed by atoms with Crippen molar-refractivity contribution in [2.24, 2.45) is 0 Å². The van der Waals surface area contributed by atoms with Crippen LogP contribution in [0, 0.1) is 25.2 Å². The predicted molar refractivity (Wildman–Crippen MR) is 95.2 cm³/mol. The highest BCUT2D eigenvalue weighted by Crippen LogP contribution is 2.11. The summed E-state index contributed by atoms with van der Waals surface area (Å²) in [4.78, 5) is 16.8. The van der Waals surface area contributed by atoms with Crippen LogP contribution >= 0.6 is 0 Å². The largest absolute Gasteiger partial charge is 0.336 e. The molecular weight excluding hydrogens is 314 g/mol. The molecule has 0 N–H and O–H groups in total. The smallest absolute Gasteiger partial charge is 0.253 e. The van der Waals surface area contributed by atoms with Crippen molar-refractivity contribution in [1.29, 1.82) is 5.26 Å². The Bertz CT molecular complexity index is 779. The molecule has 2 heterocycles. The SMILES string of the molecule is Cc1cc(C)n(CCN2CCN(C(=O)c3ccc(C#N)cc3)CC2)n1. The third-order valence-corrected chi connectivity index (χ3v) is 4.65. The zero-order chi connectivity index (χ0) is 17.8. The average molecular weight is 337 g/mol. The summed E-state index contributed by atoms with van der Waals surface area (Å²) in [6.45, 7) is 9.13. The minimum Gasteiger partial charge on any atom is -0.336 e. The molecule has 1 amide bonds. The number of nitriles is 1. The number of aromatic nitrogens is 2. The Morgan fingerprint density at radius 3 is 2.36 bits per heavy atom. The Hall–Kier alpha value is -2.65. The molecule has 0 radical (unpaired) electrons. The Morgan fingerprint density at radius 2 is 1.80 bits per heavy atom. The van der Waals surface area contributed by atoms with Crippen molar-refractivity contribution in [1.82, 2.24) is 19.6 Å². The second-order valence-electron chi connectivity index (χ2n) is 6.47. The maximum absolute atomic E-state index is 12.5. The van der Waals surface area contributed by atoms with Gasteiger partial charge in [-0.1, -0.05) is 0 Å². The van der Waals surface area contributed by atoms with Gasteiger partial charge < -0.3 is 4.90 Å². The van der Waals surface area contributed by atoms with E-state index in [0.717, 1.165) is 45.0 Å². The average Bonchev–Trinajstić information content (AvgIpc) is 2.97. The highest BCUT2D eigenvalue weighted by molar-refractivity contribution is 5.94. The van der Waals surface area contributed by atoms with Gasteiger partial charge in [0.15, 0.2) is 0 Å². The molecule has 0 bridgehead atoms. The summed E-state index contributed by atoms with van der Waals surface area (Å²) in [6, 6.07) is 11.0. The van der Waals surface area contributed by atoms with E-state index < -0.39 is 0 Å². The number of hydrogen-bond donors (Lipinski definition) is 0. The van der Waals surface area contributed by atoms with E-state index in [-0.39, 0.29) is 5.91 Å². The minimum atomic E-state index is 0.0442. The van der Waals surface area contributed by atoms with Crippen molar-refractivity contribution < 1.29 is 4.79 Å². The Labute approximate surface area is 148 Å². The molecule has 0 atom stereocenters. The molecule has 0 spiro atoms. The van der Waals surface area contributed by atoms with E-state index in [1.807, 2.05) is 16.5 Å². The van der Waals surface area contributed by atoms with Crippen molar-refractivity contribution in [2.45, 2.75) is 20.4 Å². The number of carbonyl (C=O) groups is 1. The van der Waals surface area contributed by atoms with Crippen LogP contribution in [0.2, 0.25) is 0 Å². The molecular formula is C19H23N5O. The van der Waals surface area contributed by atoms with Crippen LogP contribution in [0.4, 0.5) is 0 Å². The van der Waals surface area contributed by atoms with Gasteiger partial charge in [0.1, 0.15) is 0 Å². The van der Waals surface area contributed by atoms with Crippen LogP contribution in [0.3, 0.4) is 0 Å². The fourth-order valence-electron chi connectivity index (χ4n) is 3.18. The van der Waals surface area contributed by atoms with Gasteiger partial charge in [-0.3, -0.25) is 14.4 Å². The van der Waals surface area contributed by atoms with Gasteiger partial charge in [0.05, 0.1) is 23.9 Å². The van der Waals surface area contributed by atoms with Crippen LogP contribution < -0.4 is 0 Å². The predicted octanol–water partition coefficient (Wildman–Crippen LogP) is 1.83. The lowest BCUT2D eigenvalue weighted by atomic mass is 10.1. The third-order valence-electron chi connectivity index (χ3n) is 4.65. The first-order valence-electron chi connectivity index (χ1n) is 8.59. The summed E-state index contributed by atoms with van der Waals surface area (Å²) in [6.07, 6.45) is 0. The van der Waals surface area contributed by atoms with Gasteiger partial charge in [0.2, 0.25) is 0 Å². The van der Waals surface area contributed by atoms with Crippen LogP contribution in [0.1, 0.15) is 27.3 Å². The molecule has 1 aromatic heterocycles. The van der Waals surface area contributed by atoms with Crippen LogP contribution in [0.25, 0.3) is 0 Å². The minimum absolute atomic E-state index is 0.0442. The number of aryl methyl sites for hydroxylation is 2. The molecule has 6 heteroatoms. The van der Waals surface area contributed by atoms with Gasteiger partial charge in [0, 0.05) is 44.0 Å². The molecule has 3 rings (SSSR count). The first-order valence-corrected chi connectivity index (χ1v) is 8.59. The number of benzene rings is 1. The fraction of sp³-hybridized carbons (Fsp3) is 0.421. The summed E-state index contributed by atoms with van der Waals surface area (Å²) < 4.78 is 2.05. The zero-order valence-corrected chi connectivity index (χ0v) is 14.8. The number of hydrogen-bond acceptors (Lipinski definition) is 4. The van der Waals surface area contributed by atoms with Crippen molar-refractivity contribution >= 4 is 5.91 Å². The van der Waals surface area contributed by atoms with Crippen LogP contribution in [-0.2, 0) is 6.54 Å². The molecule has 1 aliphatic rings. The molecule has 1 saturated heterocycles. The van der Waals surface area contributed by atoms with Gasteiger partial charge in [-0.2, -0.15) is 10.4 Å².